The molecule has 7 nitrogen and oxygen atoms in total. The number of hydrogen-bond donors (Lipinski definition) is 2. The molecule has 0 radical (unpaired) electrons. The summed E-state index contributed by atoms with van der Waals surface area (Å²) in [4.78, 5) is 24.7. The molecule has 0 spiro atoms. The van der Waals surface area contributed by atoms with Crippen LogP contribution in [0.2, 0.25) is 0 Å². The van der Waals surface area contributed by atoms with Crippen molar-refractivity contribution >= 4 is 33.4 Å². The lowest BCUT2D eigenvalue weighted by atomic mass is 10.1. The molecule has 2 N–H and O–H groups in total. The van der Waals surface area contributed by atoms with Crippen molar-refractivity contribution in [2.24, 2.45) is 0 Å². The average molecular weight is 482 g/mol. The van der Waals surface area contributed by atoms with Crippen LogP contribution in [0.5, 0.6) is 0 Å². The summed E-state index contributed by atoms with van der Waals surface area (Å²) in [6.45, 7) is 1.30. The lowest BCUT2D eigenvalue weighted by Gasteiger charge is -2.09. The maximum atomic E-state index is 12.4. The minimum Gasteiger partial charge on any atom is -0.349 e. The Kier molecular flexibility index (Phi) is 6.76. The van der Waals surface area contributed by atoms with E-state index < -0.39 is 0 Å². The van der Waals surface area contributed by atoms with Crippen LogP contribution in [-0.2, 0) is 30.7 Å². The van der Waals surface area contributed by atoms with Gasteiger partial charge >= 0.3 is 0 Å². The van der Waals surface area contributed by atoms with Gasteiger partial charge in [0, 0.05) is 28.7 Å². The molecule has 1 aliphatic rings. The van der Waals surface area contributed by atoms with E-state index in [2.05, 4.69) is 41.3 Å². The van der Waals surface area contributed by atoms with E-state index in [0.717, 1.165) is 47.5 Å². The van der Waals surface area contributed by atoms with E-state index in [4.69, 9.17) is 0 Å². The van der Waals surface area contributed by atoms with E-state index >= 15 is 0 Å². The molecule has 8 heteroatoms. The number of nitrogens with zero attached hydrogens (tertiary/aromatic N) is 3. The Balaban J connectivity index is 1.29. The fourth-order valence-electron chi connectivity index (χ4n) is 3.61. The molecule has 0 saturated heterocycles. The van der Waals surface area contributed by atoms with Gasteiger partial charge in [0.05, 0.1) is 13.0 Å². The number of aromatic nitrogens is 3. The van der Waals surface area contributed by atoms with E-state index in [0.29, 0.717) is 17.8 Å². The Morgan fingerprint density at radius 1 is 0.968 bits per heavy atom. The molecular weight excluding hydrogens is 458 g/mol. The number of anilines is 1. The van der Waals surface area contributed by atoms with Crippen molar-refractivity contribution in [2.75, 3.05) is 5.32 Å². The van der Waals surface area contributed by atoms with Crippen molar-refractivity contribution < 1.29 is 9.59 Å². The van der Waals surface area contributed by atoms with Gasteiger partial charge in [-0.2, -0.15) is 0 Å². The summed E-state index contributed by atoms with van der Waals surface area (Å²) in [5.74, 6) is 1.59. The maximum Gasteiger partial charge on any atom is 0.255 e. The molecule has 0 aliphatic carbocycles. The zero-order chi connectivity index (χ0) is 21.6. The first-order chi connectivity index (χ1) is 15.1. The summed E-state index contributed by atoms with van der Waals surface area (Å²) < 4.78 is 3.06. The number of carbonyl (C=O) groups is 2. The third kappa shape index (κ3) is 5.58. The van der Waals surface area contributed by atoms with Gasteiger partial charge in [0.15, 0.2) is 5.82 Å². The summed E-state index contributed by atoms with van der Waals surface area (Å²) >= 11 is 3.36. The van der Waals surface area contributed by atoms with E-state index in [1.165, 1.54) is 6.42 Å². The molecule has 0 unspecified atom stereocenters. The second kappa shape index (κ2) is 9.87. The van der Waals surface area contributed by atoms with Gasteiger partial charge in [-0.15, -0.1) is 10.2 Å². The highest BCUT2D eigenvalue weighted by molar-refractivity contribution is 9.10. The van der Waals surface area contributed by atoms with Crippen molar-refractivity contribution in [2.45, 2.75) is 45.2 Å². The highest BCUT2D eigenvalue weighted by atomic mass is 79.9. The van der Waals surface area contributed by atoms with E-state index in [9.17, 15) is 9.59 Å². The molecule has 0 bridgehead atoms. The predicted octanol–water partition coefficient (Wildman–Crippen LogP) is 3.88. The summed E-state index contributed by atoms with van der Waals surface area (Å²) in [6, 6.07) is 14.5. The SMILES string of the molecule is O=C(Cc1ccc(NC(=O)c2ccc(Br)cc2)cc1)NCc1nnc2n1CCCCC2. The normalized spacial score (nSPS) is 13.2. The average Bonchev–Trinajstić information content (AvgIpc) is 3.00. The number of halogens is 1. The number of hydrogen-bond acceptors (Lipinski definition) is 4. The first-order valence-corrected chi connectivity index (χ1v) is 11.2. The number of fused-ring (bicyclic) bond motifs is 1. The minimum atomic E-state index is -0.176. The van der Waals surface area contributed by atoms with E-state index in [-0.39, 0.29) is 18.2 Å². The molecule has 3 aromatic rings. The number of aryl methyl sites for hydroxylation is 1. The molecule has 1 aliphatic heterocycles. The Bertz CT molecular complexity index is 1060. The molecule has 0 fully saturated rings. The predicted molar refractivity (Wildman–Crippen MR) is 122 cm³/mol. The van der Waals surface area contributed by atoms with Crippen LogP contribution in [0.4, 0.5) is 5.69 Å². The highest BCUT2D eigenvalue weighted by Crippen LogP contribution is 2.16. The third-order valence-electron chi connectivity index (χ3n) is 5.31. The zero-order valence-corrected chi connectivity index (χ0v) is 18.7. The largest absolute Gasteiger partial charge is 0.349 e. The van der Waals surface area contributed by atoms with Gasteiger partial charge in [-0.3, -0.25) is 9.59 Å². The molecule has 2 amide bonds. The molecule has 0 atom stereocenters. The van der Waals surface area contributed by atoms with Gasteiger partial charge in [0.2, 0.25) is 5.91 Å². The van der Waals surface area contributed by atoms with Crippen LogP contribution < -0.4 is 10.6 Å². The standard InChI is InChI=1S/C23H24BrN5O2/c24-18-9-7-17(8-10-18)23(31)26-19-11-5-16(6-12-19)14-22(30)25-15-21-28-27-20-4-2-1-3-13-29(20)21/h5-12H,1-4,13-15H2,(H,25,30)(H,26,31). The molecule has 0 saturated carbocycles. The van der Waals surface area contributed by atoms with Gasteiger partial charge in [-0.25, -0.2) is 0 Å². The van der Waals surface area contributed by atoms with Crippen LogP contribution in [0.15, 0.2) is 53.0 Å². The van der Waals surface area contributed by atoms with E-state index in [1.54, 1.807) is 24.3 Å². The monoisotopic (exact) mass is 481 g/mol. The Morgan fingerprint density at radius 2 is 1.74 bits per heavy atom. The molecular formula is C23H24BrN5O2. The van der Waals surface area contributed by atoms with Crippen molar-refractivity contribution in [3.05, 3.63) is 75.8 Å². The quantitative estimate of drug-likeness (QED) is 0.558. The van der Waals surface area contributed by atoms with Gasteiger partial charge < -0.3 is 15.2 Å². The van der Waals surface area contributed by atoms with Crippen molar-refractivity contribution in [3.8, 4) is 0 Å². The number of carbonyl (C=O) groups excluding carboxylic acids is 2. The fourth-order valence-corrected chi connectivity index (χ4v) is 3.88. The lowest BCUT2D eigenvalue weighted by Crippen LogP contribution is -2.26. The zero-order valence-electron chi connectivity index (χ0n) is 17.1. The first kappa shape index (κ1) is 21.2. The topological polar surface area (TPSA) is 88.9 Å². The second-order valence-corrected chi connectivity index (χ2v) is 8.52. The van der Waals surface area contributed by atoms with Crippen LogP contribution in [0.3, 0.4) is 0 Å². The first-order valence-electron chi connectivity index (χ1n) is 10.4. The summed E-state index contributed by atoms with van der Waals surface area (Å²) in [7, 11) is 0. The Labute approximate surface area is 189 Å². The third-order valence-corrected chi connectivity index (χ3v) is 5.84. The molecule has 160 valence electrons. The molecule has 1 aromatic heterocycles. The van der Waals surface area contributed by atoms with Crippen molar-refractivity contribution in [1.29, 1.82) is 0 Å². The van der Waals surface area contributed by atoms with Gasteiger partial charge in [0.1, 0.15) is 5.82 Å². The molecule has 31 heavy (non-hydrogen) atoms. The number of nitrogens with one attached hydrogen (secondary N) is 2. The smallest absolute Gasteiger partial charge is 0.255 e. The number of amides is 2. The second-order valence-electron chi connectivity index (χ2n) is 7.61. The number of benzene rings is 2. The lowest BCUT2D eigenvalue weighted by molar-refractivity contribution is -0.120. The molecule has 2 aromatic carbocycles. The minimum absolute atomic E-state index is 0.0716. The van der Waals surface area contributed by atoms with E-state index in [1.807, 2.05) is 24.3 Å². The van der Waals surface area contributed by atoms with Crippen LogP contribution in [0.1, 0.15) is 46.8 Å². The maximum absolute atomic E-state index is 12.4. The highest BCUT2D eigenvalue weighted by Gasteiger charge is 2.15. The summed E-state index contributed by atoms with van der Waals surface area (Å²) in [5.41, 5.74) is 2.14. The summed E-state index contributed by atoms with van der Waals surface area (Å²) in [6.07, 6.45) is 4.68. The van der Waals surface area contributed by atoms with Crippen LogP contribution in [0.25, 0.3) is 0 Å². The number of rotatable bonds is 6. The van der Waals surface area contributed by atoms with Crippen LogP contribution in [-0.4, -0.2) is 26.6 Å². The van der Waals surface area contributed by atoms with Crippen molar-refractivity contribution in [1.82, 2.24) is 20.1 Å². The Morgan fingerprint density at radius 3 is 2.52 bits per heavy atom. The van der Waals surface area contributed by atoms with Gasteiger partial charge in [0.25, 0.3) is 5.91 Å². The molecule has 2 heterocycles. The van der Waals surface area contributed by atoms with Crippen LogP contribution in [0, 0.1) is 0 Å². The van der Waals surface area contributed by atoms with Crippen LogP contribution >= 0.6 is 15.9 Å². The molecule has 4 rings (SSSR count). The van der Waals surface area contributed by atoms with Gasteiger partial charge in [-0.1, -0.05) is 34.5 Å². The fraction of sp³-hybridized carbons (Fsp3) is 0.304. The van der Waals surface area contributed by atoms with Gasteiger partial charge in [-0.05, 0) is 54.8 Å². The summed E-state index contributed by atoms with van der Waals surface area (Å²) in [5, 5.41) is 14.3. The Hall–Kier alpha value is -3.00. The van der Waals surface area contributed by atoms with Crippen molar-refractivity contribution in [3.63, 3.8) is 0 Å².